The fourth-order valence-corrected chi connectivity index (χ4v) is 7.84. The van der Waals surface area contributed by atoms with Crippen molar-refractivity contribution in [2.24, 2.45) is 17.3 Å². The highest BCUT2D eigenvalue weighted by Crippen LogP contribution is 2.65. The first-order valence-corrected chi connectivity index (χ1v) is 12.9. The van der Waals surface area contributed by atoms with Crippen molar-refractivity contribution in [1.29, 1.82) is 0 Å². The van der Waals surface area contributed by atoms with Crippen LogP contribution in [0.2, 0.25) is 0 Å². The van der Waals surface area contributed by atoms with Crippen molar-refractivity contribution in [1.82, 2.24) is 19.6 Å². The smallest absolute Gasteiger partial charge is 0.358 e. The molecule has 9 nitrogen and oxygen atoms in total. The van der Waals surface area contributed by atoms with Crippen molar-refractivity contribution >= 4 is 33.3 Å². The van der Waals surface area contributed by atoms with Gasteiger partial charge in [-0.3, -0.25) is 9.48 Å². The van der Waals surface area contributed by atoms with Crippen LogP contribution in [0.3, 0.4) is 0 Å². The average Bonchev–Trinajstić information content (AvgIpc) is 3.39. The summed E-state index contributed by atoms with van der Waals surface area (Å²) in [6.07, 6.45) is 11.8. The Morgan fingerprint density at radius 3 is 2.60 bits per heavy atom. The summed E-state index contributed by atoms with van der Waals surface area (Å²) in [7, 11) is 0. The molecule has 1 N–H and O–H groups in total. The third-order valence-corrected chi connectivity index (χ3v) is 8.66. The van der Waals surface area contributed by atoms with Crippen LogP contribution in [0.25, 0.3) is 0 Å². The molecule has 10 heteroatoms. The molecule has 2 aromatic heterocycles. The van der Waals surface area contributed by atoms with Gasteiger partial charge in [0.2, 0.25) is 5.91 Å². The number of anilines is 1. The Kier molecular flexibility index (Phi) is 5.32. The molecule has 0 spiro atoms. The van der Waals surface area contributed by atoms with Gasteiger partial charge in [-0.25, -0.2) is 0 Å². The summed E-state index contributed by atoms with van der Waals surface area (Å²) < 4.78 is 4.08. The maximum Gasteiger partial charge on any atom is 0.404 e. The van der Waals surface area contributed by atoms with Crippen LogP contribution >= 0.6 is 15.9 Å². The molecule has 0 aliphatic heterocycles. The first-order valence-electron chi connectivity index (χ1n) is 12.1. The molecule has 3 aromatic rings. The Morgan fingerprint density at radius 1 is 1.17 bits per heavy atom. The largest absolute Gasteiger partial charge is 0.404 e. The molecule has 4 aliphatic rings. The lowest BCUT2D eigenvalue weighted by molar-refractivity contribution is -0.390. The molecule has 35 heavy (non-hydrogen) atoms. The van der Waals surface area contributed by atoms with Gasteiger partial charge in [-0.05, 0) is 82.2 Å². The molecule has 4 bridgehead atoms. The fourth-order valence-electron chi connectivity index (χ4n) is 7.42. The van der Waals surface area contributed by atoms with Crippen LogP contribution in [-0.2, 0) is 16.9 Å². The number of carbonyl (C=O) groups is 1. The van der Waals surface area contributed by atoms with Gasteiger partial charge >= 0.3 is 5.82 Å². The van der Waals surface area contributed by atoms with Gasteiger partial charge in [0.15, 0.2) is 0 Å². The summed E-state index contributed by atoms with van der Waals surface area (Å²) in [6, 6.07) is 10.1. The van der Waals surface area contributed by atoms with Gasteiger partial charge in [-0.2, -0.15) is 9.78 Å². The molecule has 7 rings (SSSR count). The Labute approximate surface area is 211 Å². The quantitative estimate of drug-likeness (QED) is 0.331. The van der Waals surface area contributed by atoms with Crippen molar-refractivity contribution < 1.29 is 9.72 Å². The SMILES string of the molecule is O=C(CC12CC3CC(C1)CC(n1cc(Br)c([N+](=O)[O-])n1)(C3)C2)Nc1cnn(Cc2ccccc2)c1. The Hall–Kier alpha value is -3.01. The van der Waals surface area contributed by atoms with Gasteiger partial charge in [0.1, 0.15) is 4.47 Å². The Bertz CT molecular complexity index is 1270. The Morgan fingerprint density at radius 2 is 1.91 bits per heavy atom. The van der Waals surface area contributed by atoms with Crippen LogP contribution in [0.4, 0.5) is 11.5 Å². The summed E-state index contributed by atoms with van der Waals surface area (Å²) >= 11 is 3.31. The molecule has 2 unspecified atom stereocenters. The second-order valence-corrected chi connectivity index (χ2v) is 11.7. The zero-order valence-electron chi connectivity index (χ0n) is 19.3. The van der Waals surface area contributed by atoms with E-state index in [1.54, 1.807) is 12.4 Å². The summed E-state index contributed by atoms with van der Waals surface area (Å²) in [5.41, 5.74) is 1.51. The number of amides is 1. The lowest BCUT2D eigenvalue weighted by Crippen LogP contribution is -2.57. The Balaban J connectivity index is 1.18. The molecule has 4 saturated carbocycles. The van der Waals surface area contributed by atoms with E-state index in [0.29, 0.717) is 35.0 Å². The highest BCUT2D eigenvalue weighted by Gasteiger charge is 2.60. The fraction of sp³-hybridized carbons (Fsp3) is 0.480. The zero-order valence-corrected chi connectivity index (χ0v) is 20.9. The number of hydrogen-bond acceptors (Lipinski definition) is 5. The van der Waals surface area contributed by atoms with E-state index >= 15 is 0 Å². The molecule has 0 saturated heterocycles. The topological polar surface area (TPSA) is 108 Å². The number of nitrogens with one attached hydrogen (secondary N) is 1. The zero-order chi connectivity index (χ0) is 24.2. The van der Waals surface area contributed by atoms with Crippen LogP contribution in [0, 0.1) is 27.4 Å². The normalized spacial score (nSPS) is 28.8. The number of halogens is 1. The molecular weight excluding hydrogens is 512 g/mol. The predicted molar refractivity (Wildman–Crippen MR) is 133 cm³/mol. The van der Waals surface area contributed by atoms with Crippen LogP contribution in [0.5, 0.6) is 0 Å². The summed E-state index contributed by atoms with van der Waals surface area (Å²) in [6.45, 7) is 0.651. The summed E-state index contributed by atoms with van der Waals surface area (Å²) in [5, 5.41) is 23.2. The minimum Gasteiger partial charge on any atom is -0.358 e. The van der Waals surface area contributed by atoms with Crippen molar-refractivity contribution in [3.8, 4) is 0 Å². The molecule has 2 heterocycles. The number of nitro groups is 1. The van der Waals surface area contributed by atoms with E-state index in [9.17, 15) is 14.9 Å². The molecule has 1 amide bonds. The van der Waals surface area contributed by atoms with Gasteiger partial charge in [0.05, 0.1) is 35.3 Å². The van der Waals surface area contributed by atoms with Gasteiger partial charge in [0, 0.05) is 12.6 Å². The lowest BCUT2D eigenvalue weighted by Gasteiger charge is -2.61. The van der Waals surface area contributed by atoms with Crippen LogP contribution in [0.15, 0.2) is 53.4 Å². The standard InChI is InChI=1S/C25H27BrN6O3/c26-21-15-31(29-23(21)32(34)35)25-9-18-6-19(10-25)8-24(7-18,16-25)11-22(33)28-20-12-27-30(14-20)13-17-4-2-1-3-5-17/h1-5,12,14-15,18-19H,6-11,13,16H2,(H,28,33). The molecule has 182 valence electrons. The van der Waals surface area contributed by atoms with Crippen molar-refractivity contribution in [2.45, 2.75) is 57.0 Å². The van der Waals surface area contributed by atoms with Gasteiger partial charge in [0.25, 0.3) is 0 Å². The van der Waals surface area contributed by atoms with E-state index in [1.807, 2.05) is 33.8 Å². The van der Waals surface area contributed by atoms with Gasteiger partial charge in [-0.15, -0.1) is 0 Å². The van der Waals surface area contributed by atoms with Crippen LogP contribution in [-0.4, -0.2) is 30.4 Å². The van der Waals surface area contributed by atoms with E-state index in [0.717, 1.165) is 37.7 Å². The predicted octanol–water partition coefficient (Wildman–Crippen LogP) is 5.12. The highest BCUT2D eigenvalue weighted by molar-refractivity contribution is 9.10. The highest BCUT2D eigenvalue weighted by atomic mass is 79.9. The molecule has 1 aromatic carbocycles. The summed E-state index contributed by atoms with van der Waals surface area (Å²) in [5.74, 6) is 0.924. The maximum absolute atomic E-state index is 13.2. The van der Waals surface area contributed by atoms with E-state index < -0.39 is 4.92 Å². The van der Waals surface area contributed by atoms with E-state index in [4.69, 9.17) is 0 Å². The third kappa shape index (κ3) is 4.17. The van der Waals surface area contributed by atoms with Crippen molar-refractivity contribution in [3.63, 3.8) is 0 Å². The third-order valence-electron chi connectivity index (χ3n) is 8.10. The lowest BCUT2D eigenvalue weighted by atomic mass is 9.46. The monoisotopic (exact) mass is 538 g/mol. The number of nitrogens with zero attached hydrogens (tertiary/aromatic N) is 5. The molecule has 2 atom stereocenters. The minimum atomic E-state index is -0.442. The maximum atomic E-state index is 13.2. The van der Waals surface area contributed by atoms with Crippen molar-refractivity contribution in [2.75, 3.05) is 5.32 Å². The molecule has 0 radical (unpaired) electrons. The average molecular weight is 539 g/mol. The number of rotatable bonds is 7. The van der Waals surface area contributed by atoms with E-state index in [1.165, 1.54) is 6.42 Å². The first kappa shape index (κ1) is 22.5. The van der Waals surface area contributed by atoms with Crippen LogP contribution < -0.4 is 5.32 Å². The molecule has 4 fully saturated rings. The van der Waals surface area contributed by atoms with E-state index in [2.05, 4.69) is 43.6 Å². The van der Waals surface area contributed by atoms with Crippen LogP contribution in [0.1, 0.15) is 50.5 Å². The van der Waals surface area contributed by atoms with Gasteiger partial charge < -0.3 is 15.4 Å². The molecular formula is C25H27BrN6O3. The van der Waals surface area contributed by atoms with Crippen molar-refractivity contribution in [3.05, 3.63) is 69.1 Å². The number of benzene rings is 1. The minimum absolute atomic E-state index is 0.00832. The number of carbonyl (C=O) groups excluding carboxylic acids is 1. The number of aromatic nitrogens is 4. The van der Waals surface area contributed by atoms with Gasteiger partial charge in [-0.1, -0.05) is 30.3 Å². The summed E-state index contributed by atoms with van der Waals surface area (Å²) in [4.78, 5) is 24.1. The van der Waals surface area contributed by atoms with E-state index in [-0.39, 0.29) is 22.7 Å². The number of hydrogen-bond donors (Lipinski definition) is 1. The first-order chi connectivity index (χ1) is 16.8. The second-order valence-electron chi connectivity index (χ2n) is 10.8. The second kappa shape index (κ2) is 8.29. The molecule has 4 aliphatic carbocycles.